The summed E-state index contributed by atoms with van der Waals surface area (Å²) in [5.41, 5.74) is 0.929. The number of hydrogen-bond donors (Lipinski definition) is 1. The van der Waals surface area contributed by atoms with Crippen LogP contribution in [0.15, 0.2) is 71.2 Å². The summed E-state index contributed by atoms with van der Waals surface area (Å²) in [5, 5.41) is 2.13. The summed E-state index contributed by atoms with van der Waals surface area (Å²) in [6.45, 7) is 0. The van der Waals surface area contributed by atoms with Gasteiger partial charge in [-0.2, -0.15) is 17.7 Å². The molecule has 176 valence electrons. The van der Waals surface area contributed by atoms with Crippen molar-refractivity contribution in [3.63, 3.8) is 0 Å². The summed E-state index contributed by atoms with van der Waals surface area (Å²) in [6, 6.07) is 6.39. The lowest BCUT2D eigenvalue weighted by Crippen LogP contribution is -2.21. The Hall–Kier alpha value is -3.70. The number of halogens is 3. The smallest absolute Gasteiger partial charge is 0.485 e. The van der Waals surface area contributed by atoms with E-state index in [-0.39, 0.29) is 0 Å². The first-order valence-electron chi connectivity index (χ1n) is 9.95. The van der Waals surface area contributed by atoms with E-state index in [1.165, 1.54) is 11.3 Å². The standard InChI is InChI=1S/C22H18N4.CHF3O3S/c1-25-14-15-9-20-7-8-21(26(20)2)12-18-5-3-16(23-18)11-17-4-6-19(24-17)13-22(25)10-15;2-1(3,4)8(5,6)7/h3-14H,1-2H3;(H,5,6,7). The Labute approximate surface area is 193 Å². The molecule has 7 nitrogen and oxygen atoms in total. The Bertz CT molecular complexity index is 1580. The van der Waals surface area contributed by atoms with Gasteiger partial charge in [-0.3, -0.25) is 0 Å². The zero-order valence-electron chi connectivity index (χ0n) is 18.0. The van der Waals surface area contributed by atoms with Gasteiger partial charge in [-0.1, -0.05) is 0 Å². The normalized spacial score (nSPS) is 16.8. The van der Waals surface area contributed by atoms with Gasteiger partial charge in [0.25, 0.3) is 0 Å². The molecule has 5 heterocycles. The van der Waals surface area contributed by atoms with Crippen LogP contribution in [0.4, 0.5) is 13.2 Å². The van der Waals surface area contributed by atoms with Crippen LogP contribution in [-0.2, 0) is 17.2 Å². The molecule has 0 fully saturated rings. The maximum Gasteiger partial charge on any atom is 0.485 e. The molecule has 0 saturated heterocycles. The van der Waals surface area contributed by atoms with Gasteiger partial charge in [0.05, 0.1) is 11.4 Å². The molecule has 11 heteroatoms. The van der Waals surface area contributed by atoms with E-state index in [0.29, 0.717) is 0 Å². The fourth-order valence-electron chi connectivity index (χ4n) is 3.46. The number of H-pyrrole nitrogens is 1. The minimum absolute atomic E-state index is 0.957. The number of fused-ring (bicyclic) bond motifs is 6. The monoisotopic (exact) mass is 488 g/mol. The average Bonchev–Trinajstić information content (AvgIpc) is 3.49. The quantitative estimate of drug-likeness (QED) is 0.349. The number of aromatic nitrogens is 2. The fraction of sp³-hybridized carbons (Fsp3) is 0.130. The van der Waals surface area contributed by atoms with Gasteiger partial charge >= 0.3 is 5.51 Å². The number of aliphatic imine (C=N–C) groups is 1. The molecule has 34 heavy (non-hydrogen) atoms. The highest BCUT2D eigenvalue weighted by atomic mass is 32.2. The van der Waals surface area contributed by atoms with Gasteiger partial charge in [-0.25, -0.2) is 13.4 Å². The van der Waals surface area contributed by atoms with Gasteiger partial charge in [0.1, 0.15) is 7.05 Å². The Morgan fingerprint density at radius 1 is 1.03 bits per heavy atom. The number of likely N-dealkylation sites (N-methyl/N-ethyl adjacent to an activating group) is 1. The number of nitrogens with one attached hydrogen (secondary N) is 1. The van der Waals surface area contributed by atoms with E-state index < -0.39 is 15.6 Å². The molecule has 3 aliphatic heterocycles. The molecule has 0 aliphatic carbocycles. The van der Waals surface area contributed by atoms with Crippen LogP contribution >= 0.6 is 0 Å². The minimum Gasteiger partial charge on any atom is -0.741 e. The van der Waals surface area contributed by atoms with E-state index >= 15 is 0 Å². The maximum atomic E-state index is 10.7. The molecule has 0 unspecified atom stereocenters. The first-order chi connectivity index (χ1) is 15.9. The number of hydrogen-bond acceptors (Lipinski definition) is 4. The van der Waals surface area contributed by atoms with Gasteiger partial charge in [-0.15, -0.1) is 0 Å². The van der Waals surface area contributed by atoms with Crippen LogP contribution < -0.4 is 10.7 Å². The lowest BCUT2D eigenvalue weighted by Gasteiger charge is -2.08. The highest BCUT2D eigenvalue weighted by Crippen LogP contribution is 2.20. The van der Waals surface area contributed by atoms with Crippen LogP contribution in [0.3, 0.4) is 0 Å². The van der Waals surface area contributed by atoms with Crippen molar-refractivity contribution in [2.75, 3.05) is 7.05 Å². The van der Waals surface area contributed by atoms with E-state index in [0.717, 1.165) is 33.5 Å². The van der Waals surface area contributed by atoms with Crippen molar-refractivity contribution in [3.8, 4) is 0 Å². The summed E-state index contributed by atoms with van der Waals surface area (Å²) < 4.78 is 63.2. The fourth-order valence-corrected chi connectivity index (χ4v) is 3.46. The molecule has 2 aromatic heterocycles. The second-order valence-electron chi connectivity index (χ2n) is 7.69. The van der Waals surface area contributed by atoms with Crippen molar-refractivity contribution in [2.45, 2.75) is 5.51 Å². The van der Waals surface area contributed by atoms with Crippen molar-refractivity contribution in [3.05, 3.63) is 88.1 Å². The Morgan fingerprint density at radius 2 is 1.71 bits per heavy atom. The van der Waals surface area contributed by atoms with E-state index in [9.17, 15) is 13.2 Å². The third-order valence-corrected chi connectivity index (χ3v) is 5.75. The van der Waals surface area contributed by atoms with Crippen molar-refractivity contribution in [1.82, 2.24) is 9.55 Å². The van der Waals surface area contributed by atoms with Crippen LogP contribution in [0, 0.1) is 0 Å². The number of alkyl halides is 3. The molecule has 0 aromatic carbocycles. The Balaban J connectivity index is 0.000000297. The number of rotatable bonds is 0. The second-order valence-corrected chi connectivity index (χ2v) is 9.06. The van der Waals surface area contributed by atoms with Crippen molar-refractivity contribution >= 4 is 39.8 Å². The highest BCUT2D eigenvalue weighted by molar-refractivity contribution is 7.86. The molecule has 0 saturated carbocycles. The molecule has 2 aromatic rings. The summed E-state index contributed by atoms with van der Waals surface area (Å²) in [7, 11) is -1.92. The predicted octanol–water partition coefficient (Wildman–Crippen LogP) is 1.92. The number of allylic oxidation sites excluding steroid dienone is 5. The van der Waals surface area contributed by atoms with E-state index in [4.69, 9.17) is 18.0 Å². The van der Waals surface area contributed by atoms with Crippen LogP contribution in [0.2, 0.25) is 0 Å². The molecular formula is C23H19F3N4O3S. The SMILES string of the molecule is Cn1cc2cc1C=c1ccc([nH]1)=CC1=NC(=CC3=[N+](C)C(=C2)C=C3)C=C1.O=S(=O)([O-])C(F)(F)F. The van der Waals surface area contributed by atoms with Crippen LogP contribution in [0.5, 0.6) is 0 Å². The summed E-state index contributed by atoms with van der Waals surface area (Å²) >= 11 is 0. The average molecular weight is 488 g/mol. The van der Waals surface area contributed by atoms with Crippen molar-refractivity contribution in [2.24, 2.45) is 12.0 Å². The van der Waals surface area contributed by atoms with Gasteiger partial charge in [0, 0.05) is 53.9 Å². The molecule has 8 bridgehead atoms. The summed E-state index contributed by atoms with van der Waals surface area (Å²) in [5.74, 6) is 0. The molecule has 3 aliphatic rings. The molecule has 0 spiro atoms. The molecule has 0 amide bonds. The molecular weight excluding hydrogens is 469 g/mol. The topological polar surface area (TPSA) is 93.3 Å². The van der Waals surface area contributed by atoms with Crippen LogP contribution in [0.1, 0.15) is 11.3 Å². The largest absolute Gasteiger partial charge is 0.741 e. The molecule has 5 rings (SSSR count). The minimum atomic E-state index is -6.09. The van der Waals surface area contributed by atoms with Gasteiger partial charge < -0.3 is 14.1 Å². The number of nitrogens with zero attached hydrogens (tertiary/aromatic N) is 3. The van der Waals surface area contributed by atoms with Gasteiger partial charge in [0.15, 0.2) is 10.1 Å². The molecule has 1 N–H and O–H groups in total. The third kappa shape index (κ3) is 5.10. The molecule has 0 atom stereocenters. The zero-order chi connectivity index (χ0) is 24.7. The van der Waals surface area contributed by atoms with E-state index in [1.54, 1.807) is 0 Å². The third-order valence-electron chi connectivity index (χ3n) is 5.18. The van der Waals surface area contributed by atoms with E-state index in [2.05, 4.69) is 95.2 Å². The van der Waals surface area contributed by atoms with Crippen molar-refractivity contribution < 1.29 is 30.7 Å². The zero-order valence-corrected chi connectivity index (χ0v) is 18.9. The Kier molecular flexibility index (Phi) is 5.92. The maximum absolute atomic E-state index is 10.7. The molecule has 0 radical (unpaired) electrons. The van der Waals surface area contributed by atoms with Crippen molar-refractivity contribution in [1.29, 1.82) is 0 Å². The summed E-state index contributed by atoms with van der Waals surface area (Å²) in [4.78, 5) is 8.15. The summed E-state index contributed by atoms with van der Waals surface area (Å²) in [6.07, 6.45) is 19.1. The lowest BCUT2D eigenvalue weighted by molar-refractivity contribution is -0.431. The van der Waals surface area contributed by atoms with Crippen LogP contribution in [0.25, 0.3) is 18.2 Å². The first-order valence-corrected chi connectivity index (χ1v) is 11.4. The number of aryl methyl sites for hydroxylation is 1. The Morgan fingerprint density at radius 3 is 2.38 bits per heavy atom. The number of aromatic amines is 1. The first kappa shape index (κ1) is 23.5. The lowest BCUT2D eigenvalue weighted by atomic mass is 10.2. The van der Waals surface area contributed by atoms with Crippen LogP contribution in [-0.4, -0.2) is 51.1 Å². The second kappa shape index (κ2) is 8.58. The predicted molar refractivity (Wildman–Crippen MR) is 122 cm³/mol. The van der Waals surface area contributed by atoms with E-state index in [1.807, 2.05) is 6.08 Å². The van der Waals surface area contributed by atoms with Gasteiger partial charge in [-0.05, 0) is 48.1 Å². The van der Waals surface area contributed by atoms with Gasteiger partial charge in [0.2, 0.25) is 11.4 Å². The highest BCUT2D eigenvalue weighted by Gasteiger charge is 2.36.